The summed E-state index contributed by atoms with van der Waals surface area (Å²) in [6, 6.07) is 12.1. The fourth-order valence-corrected chi connectivity index (χ4v) is 3.45. The highest BCUT2D eigenvalue weighted by Gasteiger charge is 2.18. The molecule has 3 heterocycles. The van der Waals surface area contributed by atoms with E-state index < -0.39 is 11.9 Å². The van der Waals surface area contributed by atoms with E-state index in [1.807, 2.05) is 23.6 Å². The van der Waals surface area contributed by atoms with E-state index in [2.05, 4.69) is 15.2 Å². The Bertz CT molecular complexity index is 1260. The van der Waals surface area contributed by atoms with Crippen molar-refractivity contribution in [2.24, 2.45) is 16.6 Å². The van der Waals surface area contributed by atoms with Gasteiger partial charge in [0.25, 0.3) is 5.91 Å². The molecule has 0 atom stereocenters. The van der Waals surface area contributed by atoms with E-state index in [9.17, 15) is 9.59 Å². The van der Waals surface area contributed by atoms with Crippen molar-refractivity contribution in [3.05, 3.63) is 71.4 Å². The third-order valence-electron chi connectivity index (χ3n) is 4.15. The van der Waals surface area contributed by atoms with Crippen LogP contribution in [0.3, 0.4) is 0 Å². The number of ether oxygens (including phenoxy) is 1. The largest absolute Gasteiger partial charge is 0.484 e. The molecule has 0 unspecified atom stereocenters. The maximum Gasteiger partial charge on any atom is 0.371 e. The standard InChI is InChI=1S/C20H16N6O4S/c21-17(27)11-29-13-5-3-12(4-6-13)18(22)25-30-20(28)14-10-24-26-15(7-8-23-19(14)26)16-2-1-9-31-16/h1-10H,11H2,(H2,21,27)(H2,22,25). The number of carbonyl (C=O) groups is 2. The Hall–Kier alpha value is -4.25. The summed E-state index contributed by atoms with van der Waals surface area (Å²) in [7, 11) is 0. The van der Waals surface area contributed by atoms with E-state index in [1.54, 1.807) is 46.3 Å². The number of amides is 1. The molecule has 10 nitrogen and oxygen atoms in total. The molecule has 0 saturated carbocycles. The van der Waals surface area contributed by atoms with Crippen molar-refractivity contribution >= 4 is 34.7 Å². The van der Waals surface area contributed by atoms with Gasteiger partial charge < -0.3 is 21.0 Å². The van der Waals surface area contributed by atoms with Crippen LogP contribution in [0.15, 0.2) is 65.4 Å². The summed E-state index contributed by atoms with van der Waals surface area (Å²) in [6.07, 6.45) is 2.97. The van der Waals surface area contributed by atoms with Crippen LogP contribution in [0.25, 0.3) is 16.2 Å². The van der Waals surface area contributed by atoms with E-state index in [0.717, 1.165) is 10.6 Å². The first-order valence-electron chi connectivity index (χ1n) is 8.96. The third-order valence-corrected chi connectivity index (χ3v) is 5.05. The normalized spacial score (nSPS) is 11.4. The van der Waals surface area contributed by atoms with Crippen LogP contribution in [-0.2, 0) is 9.63 Å². The van der Waals surface area contributed by atoms with Crippen LogP contribution in [0.4, 0.5) is 0 Å². The van der Waals surface area contributed by atoms with Crippen LogP contribution in [0, 0.1) is 0 Å². The zero-order valence-electron chi connectivity index (χ0n) is 16.0. The number of nitrogens with two attached hydrogens (primary N) is 2. The lowest BCUT2D eigenvalue weighted by Crippen LogP contribution is -2.20. The number of hydrogen-bond donors (Lipinski definition) is 2. The van der Waals surface area contributed by atoms with Gasteiger partial charge in [0.05, 0.1) is 16.8 Å². The van der Waals surface area contributed by atoms with Gasteiger partial charge in [0.1, 0.15) is 11.3 Å². The van der Waals surface area contributed by atoms with Crippen LogP contribution in [0.2, 0.25) is 0 Å². The number of benzene rings is 1. The second kappa shape index (κ2) is 8.63. The number of rotatable bonds is 7. The van der Waals surface area contributed by atoms with E-state index in [-0.39, 0.29) is 18.0 Å². The van der Waals surface area contributed by atoms with Gasteiger partial charge in [-0.2, -0.15) is 5.10 Å². The molecule has 3 aromatic heterocycles. The third kappa shape index (κ3) is 4.36. The first kappa shape index (κ1) is 20.0. The molecule has 31 heavy (non-hydrogen) atoms. The van der Waals surface area contributed by atoms with E-state index in [1.165, 1.54) is 6.20 Å². The van der Waals surface area contributed by atoms with Gasteiger partial charge in [-0.25, -0.2) is 14.3 Å². The zero-order valence-corrected chi connectivity index (χ0v) is 16.8. The lowest BCUT2D eigenvalue weighted by molar-refractivity contribution is -0.119. The van der Waals surface area contributed by atoms with Crippen molar-refractivity contribution < 1.29 is 19.2 Å². The van der Waals surface area contributed by atoms with Gasteiger partial charge in [-0.3, -0.25) is 4.79 Å². The first-order valence-corrected chi connectivity index (χ1v) is 9.84. The van der Waals surface area contributed by atoms with E-state index in [4.69, 9.17) is 21.0 Å². The average molecular weight is 436 g/mol. The van der Waals surface area contributed by atoms with Gasteiger partial charge in [0.15, 0.2) is 18.1 Å². The molecule has 4 N–H and O–H groups in total. The molecule has 0 aliphatic heterocycles. The summed E-state index contributed by atoms with van der Waals surface area (Å²) in [5.74, 6) is -0.901. The number of aromatic nitrogens is 3. The Labute approximate surface area is 179 Å². The minimum absolute atomic E-state index is 0.0153. The van der Waals surface area contributed by atoms with Gasteiger partial charge in [-0.1, -0.05) is 11.2 Å². The number of fused-ring (bicyclic) bond motifs is 1. The van der Waals surface area contributed by atoms with Crippen LogP contribution in [0.1, 0.15) is 15.9 Å². The number of hydrogen-bond acceptors (Lipinski definition) is 8. The molecule has 0 fully saturated rings. The van der Waals surface area contributed by atoms with E-state index >= 15 is 0 Å². The quantitative estimate of drug-likeness (QED) is 0.194. The number of amidine groups is 1. The van der Waals surface area contributed by atoms with Crippen molar-refractivity contribution in [2.75, 3.05) is 6.61 Å². The molecule has 4 aromatic rings. The Morgan fingerprint density at radius 1 is 1.13 bits per heavy atom. The van der Waals surface area contributed by atoms with Crippen LogP contribution in [-0.4, -0.2) is 38.9 Å². The smallest absolute Gasteiger partial charge is 0.371 e. The first-order chi connectivity index (χ1) is 15.0. The Balaban J connectivity index is 1.49. The summed E-state index contributed by atoms with van der Waals surface area (Å²) in [4.78, 5) is 33.5. The number of primary amides is 1. The molecule has 0 bridgehead atoms. The average Bonchev–Trinajstić information content (AvgIpc) is 3.46. The molecular formula is C20H16N6O4S. The predicted molar refractivity (Wildman–Crippen MR) is 114 cm³/mol. The SMILES string of the molecule is NC(=O)COc1ccc(/C(N)=N/OC(=O)c2cnn3c(-c4cccs4)ccnc23)cc1. The summed E-state index contributed by atoms with van der Waals surface area (Å²) in [6.45, 7) is -0.234. The minimum Gasteiger partial charge on any atom is -0.484 e. The highest BCUT2D eigenvalue weighted by Crippen LogP contribution is 2.25. The maximum atomic E-state index is 12.5. The molecule has 0 spiro atoms. The molecule has 0 radical (unpaired) electrons. The second-order valence-electron chi connectivity index (χ2n) is 6.24. The summed E-state index contributed by atoms with van der Waals surface area (Å²) in [5, 5.41) is 9.91. The fraction of sp³-hybridized carbons (Fsp3) is 0.0500. The Kier molecular flexibility index (Phi) is 5.58. The van der Waals surface area contributed by atoms with Gasteiger partial charge >= 0.3 is 5.97 Å². The van der Waals surface area contributed by atoms with Crippen molar-refractivity contribution in [2.45, 2.75) is 0 Å². The molecule has 1 amide bonds. The van der Waals surface area contributed by atoms with Crippen molar-refractivity contribution in [3.8, 4) is 16.3 Å². The zero-order chi connectivity index (χ0) is 21.8. The molecule has 1 aromatic carbocycles. The van der Waals surface area contributed by atoms with Crippen LogP contribution >= 0.6 is 11.3 Å². The topological polar surface area (TPSA) is 147 Å². The number of carbonyl (C=O) groups excluding carboxylic acids is 2. The monoisotopic (exact) mass is 436 g/mol. The van der Waals surface area contributed by atoms with Gasteiger partial charge in [0.2, 0.25) is 0 Å². The summed E-state index contributed by atoms with van der Waals surface area (Å²) in [5.41, 5.74) is 12.7. The number of nitrogens with zero attached hydrogens (tertiary/aromatic N) is 4. The molecule has 4 rings (SSSR count). The number of oxime groups is 1. The molecule has 156 valence electrons. The minimum atomic E-state index is -0.741. The lowest BCUT2D eigenvalue weighted by Gasteiger charge is -2.05. The van der Waals surface area contributed by atoms with E-state index in [0.29, 0.717) is 17.0 Å². The maximum absolute atomic E-state index is 12.5. The second-order valence-corrected chi connectivity index (χ2v) is 7.18. The molecule has 0 aliphatic carbocycles. The van der Waals surface area contributed by atoms with Gasteiger partial charge in [-0.05, 0) is 41.8 Å². The summed E-state index contributed by atoms with van der Waals surface area (Å²) < 4.78 is 6.74. The van der Waals surface area contributed by atoms with Crippen LogP contribution < -0.4 is 16.2 Å². The van der Waals surface area contributed by atoms with Crippen molar-refractivity contribution in [1.82, 2.24) is 14.6 Å². The van der Waals surface area contributed by atoms with Gasteiger partial charge in [0, 0.05) is 11.8 Å². The molecule has 0 aliphatic rings. The molecular weight excluding hydrogens is 420 g/mol. The summed E-state index contributed by atoms with van der Waals surface area (Å²) >= 11 is 1.55. The van der Waals surface area contributed by atoms with Crippen molar-refractivity contribution in [1.29, 1.82) is 0 Å². The number of thiophene rings is 1. The molecule has 11 heteroatoms. The van der Waals surface area contributed by atoms with Crippen LogP contribution in [0.5, 0.6) is 5.75 Å². The van der Waals surface area contributed by atoms with Gasteiger partial charge in [-0.15, -0.1) is 11.3 Å². The lowest BCUT2D eigenvalue weighted by atomic mass is 10.2. The fourth-order valence-electron chi connectivity index (χ4n) is 2.72. The van der Waals surface area contributed by atoms with Crippen molar-refractivity contribution in [3.63, 3.8) is 0 Å². The Morgan fingerprint density at radius 2 is 1.94 bits per heavy atom. The highest BCUT2D eigenvalue weighted by atomic mass is 32.1. The Morgan fingerprint density at radius 3 is 2.65 bits per heavy atom. The predicted octanol–water partition coefficient (Wildman–Crippen LogP) is 1.80. The highest BCUT2D eigenvalue weighted by molar-refractivity contribution is 7.13. The molecule has 0 saturated heterocycles.